The van der Waals surface area contributed by atoms with Crippen molar-refractivity contribution >= 4 is 54.9 Å². The number of amides is 1. The second-order valence-corrected chi connectivity index (χ2v) is 7.47. The van der Waals surface area contributed by atoms with Crippen LogP contribution in [0.2, 0.25) is 5.02 Å². The molecule has 120 valence electrons. The summed E-state index contributed by atoms with van der Waals surface area (Å²) in [5, 5.41) is 5.91. The molecule has 0 aliphatic carbocycles. The number of nitrogens with zero attached hydrogens (tertiary/aromatic N) is 3. The number of rotatable bonds is 4. The molecule has 0 bridgehead atoms. The molecular weight excluding hydrogens is 398 g/mol. The third kappa shape index (κ3) is 3.16. The Morgan fingerprint density at radius 1 is 1.43 bits per heavy atom. The topological polar surface area (TPSA) is 38.1 Å². The molecule has 1 aromatic carbocycles. The van der Waals surface area contributed by atoms with Crippen molar-refractivity contribution in [1.82, 2.24) is 14.7 Å². The molecule has 0 saturated heterocycles. The Labute approximate surface area is 151 Å². The largest absolute Gasteiger partial charge is 0.335 e. The van der Waals surface area contributed by atoms with E-state index in [1.54, 1.807) is 11.9 Å². The van der Waals surface area contributed by atoms with Gasteiger partial charge in [0.1, 0.15) is 4.88 Å². The maximum absolute atomic E-state index is 12.7. The van der Waals surface area contributed by atoms with Crippen LogP contribution in [0.3, 0.4) is 0 Å². The zero-order chi connectivity index (χ0) is 16.6. The Kier molecular flexibility index (Phi) is 4.75. The minimum Gasteiger partial charge on any atom is -0.335 e. The fraction of sp³-hybridized carbons (Fsp3) is 0.250. The van der Waals surface area contributed by atoms with E-state index in [9.17, 15) is 4.79 Å². The highest BCUT2D eigenvalue weighted by molar-refractivity contribution is 9.10. The number of fused-ring (bicyclic) bond motifs is 1. The molecule has 3 aromatic rings. The predicted octanol–water partition coefficient (Wildman–Crippen LogP) is 4.81. The first-order valence-electron chi connectivity index (χ1n) is 7.15. The highest BCUT2D eigenvalue weighted by atomic mass is 79.9. The zero-order valence-corrected chi connectivity index (χ0v) is 15.9. The van der Waals surface area contributed by atoms with E-state index in [0.29, 0.717) is 16.4 Å². The van der Waals surface area contributed by atoms with Crippen LogP contribution in [0.4, 0.5) is 0 Å². The Morgan fingerprint density at radius 2 is 2.17 bits per heavy atom. The van der Waals surface area contributed by atoms with E-state index in [-0.39, 0.29) is 5.91 Å². The van der Waals surface area contributed by atoms with Gasteiger partial charge in [0.2, 0.25) is 0 Å². The molecule has 23 heavy (non-hydrogen) atoms. The third-order valence-corrected chi connectivity index (χ3v) is 5.90. The number of hydrogen-bond donors (Lipinski definition) is 0. The van der Waals surface area contributed by atoms with Gasteiger partial charge in [0.05, 0.1) is 21.7 Å². The molecule has 2 heterocycles. The van der Waals surface area contributed by atoms with Crippen LogP contribution >= 0.6 is 38.9 Å². The second kappa shape index (κ2) is 6.63. The lowest BCUT2D eigenvalue weighted by Gasteiger charge is -2.15. The average molecular weight is 413 g/mol. The second-order valence-electron chi connectivity index (χ2n) is 5.18. The standard InChI is InChI=1S/C16H15BrClN3OS/c1-3-21-8-11(17)12(19-21)9-20(2)16(22)15-14(18)10-6-4-5-7-13(10)23-15/h4-8H,3,9H2,1-2H3. The predicted molar refractivity (Wildman–Crippen MR) is 98.2 cm³/mol. The maximum Gasteiger partial charge on any atom is 0.265 e. The van der Waals surface area contributed by atoms with Crippen LogP contribution in [0.5, 0.6) is 0 Å². The third-order valence-electron chi connectivity index (χ3n) is 3.57. The number of carbonyl (C=O) groups excluding carboxylic acids is 1. The normalized spacial score (nSPS) is 11.1. The molecule has 0 unspecified atom stereocenters. The molecule has 7 heteroatoms. The van der Waals surface area contributed by atoms with Gasteiger partial charge in [0.15, 0.2) is 0 Å². The highest BCUT2D eigenvalue weighted by Gasteiger charge is 2.21. The molecule has 2 aromatic heterocycles. The quantitative estimate of drug-likeness (QED) is 0.617. The molecule has 0 aliphatic heterocycles. The van der Waals surface area contributed by atoms with Crippen LogP contribution in [0, 0.1) is 0 Å². The molecule has 1 amide bonds. The van der Waals surface area contributed by atoms with Crippen molar-refractivity contribution in [2.24, 2.45) is 0 Å². The van der Waals surface area contributed by atoms with Crippen LogP contribution in [-0.4, -0.2) is 27.6 Å². The Balaban J connectivity index is 1.86. The van der Waals surface area contributed by atoms with Crippen molar-refractivity contribution in [3.05, 3.63) is 50.5 Å². The first-order chi connectivity index (χ1) is 11.0. The van der Waals surface area contributed by atoms with Crippen LogP contribution in [-0.2, 0) is 13.1 Å². The van der Waals surface area contributed by atoms with Gasteiger partial charge in [-0.2, -0.15) is 5.10 Å². The summed E-state index contributed by atoms with van der Waals surface area (Å²) in [5.74, 6) is -0.0888. The van der Waals surface area contributed by atoms with Gasteiger partial charge in [-0.3, -0.25) is 9.48 Å². The molecular formula is C16H15BrClN3OS. The fourth-order valence-corrected chi connectivity index (χ4v) is 4.28. The van der Waals surface area contributed by atoms with Crippen LogP contribution in [0.15, 0.2) is 34.9 Å². The minimum atomic E-state index is -0.0888. The van der Waals surface area contributed by atoms with E-state index in [4.69, 9.17) is 11.6 Å². The van der Waals surface area contributed by atoms with E-state index in [2.05, 4.69) is 21.0 Å². The number of aryl methyl sites for hydroxylation is 1. The molecule has 0 radical (unpaired) electrons. The summed E-state index contributed by atoms with van der Waals surface area (Å²) < 4.78 is 3.76. The number of aromatic nitrogens is 2. The summed E-state index contributed by atoms with van der Waals surface area (Å²) in [7, 11) is 1.76. The molecule has 0 spiro atoms. The van der Waals surface area contributed by atoms with Gasteiger partial charge in [-0.05, 0) is 28.9 Å². The minimum absolute atomic E-state index is 0.0888. The SMILES string of the molecule is CCn1cc(Br)c(CN(C)C(=O)c2sc3ccccc3c2Cl)n1. The summed E-state index contributed by atoms with van der Waals surface area (Å²) in [6, 6.07) is 7.78. The summed E-state index contributed by atoms with van der Waals surface area (Å²) in [5.41, 5.74) is 0.833. The molecule has 3 rings (SSSR count). The highest BCUT2D eigenvalue weighted by Crippen LogP contribution is 2.36. The van der Waals surface area contributed by atoms with E-state index in [0.717, 1.165) is 26.8 Å². The van der Waals surface area contributed by atoms with Crippen molar-refractivity contribution in [2.45, 2.75) is 20.0 Å². The Bertz CT molecular complexity index is 873. The smallest absolute Gasteiger partial charge is 0.265 e. The summed E-state index contributed by atoms with van der Waals surface area (Å²) >= 11 is 11.3. The summed E-state index contributed by atoms with van der Waals surface area (Å²) in [4.78, 5) is 14.9. The molecule has 0 atom stereocenters. The lowest BCUT2D eigenvalue weighted by Crippen LogP contribution is -2.26. The van der Waals surface area contributed by atoms with Gasteiger partial charge in [-0.1, -0.05) is 29.8 Å². The van der Waals surface area contributed by atoms with Crippen molar-refractivity contribution in [1.29, 1.82) is 0 Å². The lowest BCUT2D eigenvalue weighted by atomic mass is 10.2. The monoisotopic (exact) mass is 411 g/mol. The fourth-order valence-electron chi connectivity index (χ4n) is 2.33. The van der Waals surface area contributed by atoms with Crippen molar-refractivity contribution in [3.63, 3.8) is 0 Å². The first-order valence-corrected chi connectivity index (χ1v) is 9.14. The average Bonchev–Trinajstić information content (AvgIpc) is 3.07. The van der Waals surface area contributed by atoms with E-state index in [1.165, 1.54) is 11.3 Å². The van der Waals surface area contributed by atoms with E-state index < -0.39 is 0 Å². The molecule has 0 fully saturated rings. The van der Waals surface area contributed by atoms with Gasteiger partial charge in [-0.25, -0.2) is 0 Å². The summed E-state index contributed by atoms with van der Waals surface area (Å²) in [6.07, 6.45) is 1.92. The number of hydrogen-bond acceptors (Lipinski definition) is 3. The molecule has 0 N–H and O–H groups in total. The van der Waals surface area contributed by atoms with Gasteiger partial charge >= 0.3 is 0 Å². The number of halogens is 2. The van der Waals surface area contributed by atoms with E-state index >= 15 is 0 Å². The van der Waals surface area contributed by atoms with Crippen LogP contribution < -0.4 is 0 Å². The van der Waals surface area contributed by atoms with Gasteiger partial charge < -0.3 is 4.90 Å². The lowest BCUT2D eigenvalue weighted by molar-refractivity contribution is 0.0788. The van der Waals surface area contributed by atoms with Gasteiger partial charge in [0.25, 0.3) is 5.91 Å². The van der Waals surface area contributed by atoms with Gasteiger partial charge in [0, 0.05) is 29.9 Å². The number of benzene rings is 1. The van der Waals surface area contributed by atoms with Crippen molar-refractivity contribution in [2.75, 3.05) is 7.05 Å². The molecule has 4 nitrogen and oxygen atoms in total. The molecule has 0 aliphatic rings. The van der Waals surface area contributed by atoms with Crippen molar-refractivity contribution in [3.8, 4) is 0 Å². The number of carbonyl (C=O) groups is 1. The molecule has 0 saturated carbocycles. The first kappa shape index (κ1) is 16.5. The number of thiophene rings is 1. The Morgan fingerprint density at radius 3 is 2.83 bits per heavy atom. The summed E-state index contributed by atoms with van der Waals surface area (Å²) in [6.45, 7) is 3.24. The van der Waals surface area contributed by atoms with E-state index in [1.807, 2.05) is 42.1 Å². The van der Waals surface area contributed by atoms with Crippen molar-refractivity contribution < 1.29 is 4.79 Å². The van der Waals surface area contributed by atoms with Crippen LogP contribution in [0.25, 0.3) is 10.1 Å². The zero-order valence-electron chi connectivity index (χ0n) is 12.7. The van der Waals surface area contributed by atoms with Crippen LogP contribution in [0.1, 0.15) is 22.3 Å². The maximum atomic E-state index is 12.7. The Hall–Kier alpha value is -1.37. The van der Waals surface area contributed by atoms with Gasteiger partial charge in [-0.15, -0.1) is 11.3 Å².